The van der Waals surface area contributed by atoms with Crippen LogP contribution in [0.4, 0.5) is 0 Å². The van der Waals surface area contributed by atoms with E-state index in [-0.39, 0.29) is 0 Å². The Bertz CT molecular complexity index is 627. The fourth-order valence-electron chi connectivity index (χ4n) is 2.68. The van der Waals surface area contributed by atoms with Gasteiger partial charge in [0.05, 0.1) is 10.5 Å². The molecule has 2 aromatic rings. The summed E-state index contributed by atoms with van der Waals surface area (Å²) in [5.74, 6) is 0. The molecule has 2 aromatic heterocycles. The van der Waals surface area contributed by atoms with E-state index < -0.39 is 0 Å². The molecule has 0 aromatic carbocycles. The van der Waals surface area contributed by atoms with E-state index in [2.05, 4.69) is 19.4 Å². The molecule has 19 heavy (non-hydrogen) atoms. The molecule has 0 amide bonds. The van der Waals surface area contributed by atoms with Crippen molar-refractivity contribution in [2.75, 3.05) is 19.6 Å². The van der Waals surface area contributed by atoms with Gasteiger partial charge in [0.1, 0.15) is 0 Å². The summed E-state index contributed by atoms with van der Waals surface area (Å²) in [5, 5.41) is 0.632. The summed E-state index contributed by atoms with van der Waals surface area (Å²) in [4.78, 5) is 10.1. The first-order chi connectivity index (χ1) is 9.24. The van der Waals surface area contributed by atoms with Crippen molar-refractivity contribution in [1.29, 1.82) is 0 Å². The Morgan fingerprint density at radius 1 is 1.32 bits per heavy atom. The Hall–Kier alpha value is -0.910. The van der Waals surface area contributed by atoms with Crippen LogP contribution in [0.15, 0.2) is 12.3 Å². The van der Waals surface area contributed by atoms with Gasteiger partial charge in [0.15, 0.2) is 10.4 Å². The van der Waals surface area contributed by atoms with E-state index in [0.717, 1.165) is 35.4 Å². The number of H-pyrrole nitrogens is 1. The summed E-state index contributed by atoms with van der Waals surface area (Å²) in [6.45, 7) is 4.53. The predicted molar refractivity (Wildman–Crippen MR) is 80.2 cm³/mol. The number of nitrogens with zero attached hydrogens (tertiary/aromatic N) is 3. The molecule has 0 radical (unpaired) electrons. The zero-order chi connectivity index (χ0) is 13.2. The van der Waals surface area contributed by atoms with Crippen LogP contribution < -0.4 is 0 Å². The molecule has 0 saturated carbocycles. The summed E-state index contributed by atoms with van der Waals surface area (Å²) in [6.07, 6.45) is 5.45. The molecule has 102 valence electrons. The van der Waals surface area contributed by atoms with E-state index in [1.165, 1.54) is 25.9 Å². The predicted octanol–water partition coefficient (Wildman–Crippen LogP) is 3.23. The lowest BCUT2D eigenvalue weighted by Crippen LogP contribution is -2.21. The van der Waals surface area contributed by atoms with Crippen molar-refractivity contribution in [2.24, 2.45) is 0 Å². The minimum Gasteiger partial charge on any atom is -0.329 e. The van der Waals surface area contributed by atoms with Crippen LogP contribution in [0, 0.1) is 4.77 Å². The normalized spacial score (nSPS) is 16.5. The van der Waals surface area contributed by atoms with Gasteiger partial charge in [-0.3, -0.25) is 0 Å². The third kappa shape index (κ3) is 2.83. The second-order valence-corrected chi connectivity index (χ2v) is 5.83. The van der Waals surface area contributed by atoms with Crippen LogP contribution in [0.25, 0.3) is 11.2 Å². The van der Waals surface area contributed by atoms with Gasteiger partial charge in [-0.1, -0.05) is 11.6 Å². The summed E-state index contributed by atoms with van der Waals surface area (Å²) in [6, 6.07) is 1.87. The maximum atomic E-state index is 5.94. The molecule has 0 bridgehead atoms. The number of rotatable bonds is 4. The number of imidazole rings is 1. The Morgan fingerprint density at radius 3 is 2.89 bits per heavy atom. The zero-order valence-electron chi connectivity index (χ0n) is 10.7. The van der Waals surface area contributed by atoms with Crippen molar-refractivity contribution in [3.8, 4) is 0 Å². The molecule has 0 unspecified atom stereocenters. The molecule has 3 heterocycles. The Balaban J connectivity index is 1.73. The number of likely N-dealkylation sites (tertiary alicyclic amines) is 1. The molecular weight excluding hydrogens is 280 g/mol. The van der Waals surface area contributed by atoms with Gasteiger partial charge in [-0.25, -0.2) is 4.98 Å². The average Bonchev–Trinajstić information content (AvgIpc) is 2.98. The average molecular weight is 297 g/mol. The summed E-state index contributed by atoms with van der Waals surface area (Å²) in [5.41, 5.74) is 1.81. The number of nitrogens with one attached hydrogen (secondary N) is 1. The number of hydrogen-bond acceptors (Lipinski definition) is 3. The van der Waals surface area contributed by atoms with Crippen LogP contribution in [0.3, 0.4) is 0 Å². The maximum Gasteiger partial charge on any atom is 0.179 e. The molecule has 1 N–H and O–H groups in total. The van der Waals surface area contributed by atoms with Gasteiger partial charge < -0.3 is 14.5 Å². The van der Waals surface area contributed by atoms with Gasteiger partial charge >= 0.3 is 0 Å². The number of pyridine rings is 1. The van der Waals surface area contributed by atoms with Gasteiger partial charge in [-0.2, -0.15) is 0 Å². The van der Waals surface area contributed by atoms with Gasteiger partial charge in [-0.15, -0.1) is 0 Å². The van der Waals surface area contributed by atoms with E-state index >= 15 is 0 Å². The fraction of sp³-hybridized carbons (Fsp3) is 0.538. The van der Waals surface area contributed by atoms with E-state index in [9.17, 15) is 0 Å². The van der Waals surface area contributed by atoms with Crippen molar-refractivity contribution in [3.05, 3.63) is 22.1 Å². The second-order valence-electron chi connectivity index (χ2n) is 5.01. The first-order valence-electron chi connectivity index (χ1n) is 6.70. The maximum absolute atomic E-state index is 5.94. The largest absolute Gasteiger partial charge is 0.329 e. The molecular formula is C13H17ClN4S. The standard InChI is InChI=1S/C13H17ClN4S/c14-10-8-11-12(15-9-10)18(13(19)16-11)7-3-6-17-4-1-2-5-17/h8-9H,1-7H2,(H,16,19). The molecule has 1 saturated heterocycles. The molecule has 0 spiro atoms. The third-order valence-corrected chi connectivity index (χ3v) is 4.16. The molecule has 0 aliphatic carbocycles. The summed E-state index contributed by atoms with van der Waals surface area (Å²) < 4.78 is 2.79. The van der Waals surface area contributed by atoms with Crippen molar-refractivity contribution in [2.45, 2.75) is 25.8 Å². The molecule has 6 heteroatoms. The Labute approximate surface area is 122 Å². The zero-order valence-corrected chi connectivity index (χ0v) is 12.3. The fourth-order valence-corrected chi connectivity index (χ4v) is 3.13. The van der Waals surface area contributed by atoms with E-state index in [0.29, 0.717) is 5.02 Å². The molecule has 3 rings (SSSR count). The first kappa shape index (κ1) is 13.1. The van der Waals surface area contributed by atoms with E-state index in [1.807, 2.05) is 6.07 Å². The summed E-state index contributed by atoms with van der Waals surface area (Å²) in [7, 11) is 0. The smallest absolute Gasteiger partial charge is 0.179 e. The highest BCUT2D eigenvalue weighted by Gasteiger charge is 2.11. The lowest BCUT2D eigenvalue weighted by Gasteiger charge is -2.14. The second kappa shape index (κ2) is 5.61. The molecule has 4 nitrogen and oxygen atoms in total. The number of halogens is 1. The van der Waals surface area contributed by atoms with Crippen molar-refractivity contribution >= 4 is 35.0 Å². The highest BCUT2D eigenvalue weighted by Crippen LogP contribution is 2.17. The van der Waals surface area contributed by atoms with Crippen molar-refractivity contribution in [1.82, 2.24) is 19.4 Å². The van der Waals surface area contributed by atoms with Crippen LogP contribution in [-0.2, 0) is 6.54 Å². The first-order valence-corrected chi connectivity index (χ1v) is 7.49. The topological polar surface area (TPSA) is 36.9 Å². The monoisotopic (exact) mass is 296 g/mol. The van der Waals surface area contributed by atoms with Crippen LogP contribution in [0.2, 0.25) is 5.02 Å². The summed E-state index contributed by atoms with van der Waals surface area (Å²) >= 11 is 11.3. The van der Waals surface area contributed by atoms with Crippen LogP contribution in [-0.4, -0.2) is 39.1 Å². The van der Waals surface area contributed by atoms with Crippen molar-refractivity contribution < 1.29 is 0 Å². The highest BCUT2D eigenvalue weighted by molar-refractivity contribution is 7.71. The van der Waals surface area contributed by atoms with Gasteiger partial charge in [0, 0.05) is 12.7 Å². The SMILES string of the molecule is S=c1[nH]c2cc(Cl)cnc2n1CCCN1CCCC1. The van der Waals surface area contributed by atoms with E-state index in [4.69, 9.17) is 23.8 Å². The van der Waals surface area contributed by atoms with Gasteiger partial charge in [0.2, 0.25) is 0 Å². The molecule has 1 fully saturated rings. The number of aromatic nitrogens is 3. The van der Waals surface area contributed by atoms with Crippen LogP contribution in [0.1, 0.15) is 19.3 Å². The number of hydrogen-bond donors (Lipinski definition) is 1. The van der Waals surface area contributed by atoms with Crippen molar-refractivity contribution in [3.63, 3.8) is 0 Å². The molecule has 0 atom stereocenters. The molecule has 1 aliphatic rings. The minimum absolute atomic E-state index is 0.632. The quantitative estimate of drug-likeness (QED) is 0.880. The van der Waals surface area contributed by atoms with Gasteiger partial charge in [-0.05, 0) is 57.2 Å². The molecule has 1 aliphatic heterocycles. The minimum atomic E-state index is 0.632. The lowest BCUT2D eigenvalue weighted by atomic mass is 10.4. The Kier molecular flexibility index (Phi) is 3.86. The van der Waals surface area contributed by atoms with E-state index in [1.54, 1.807) is 6.20 Å². The van der Waals surface area contributed by atoms with Crippen LogP contribution >= 0.6 is 23.8 Å². The number of aromatic amines is 1. The van der Waals surface area contributed by atoms with Crippen LogP contribution in [0.5, 0.6) is 0 Å². The number of fused-ring (bicyclic) bond motifs is 1. The highest BCUT2D eigenvalue weighted by atomic mass is 35.5. The number of aryl methyl sites for hydroxylation is 1. The van der Waals surface area contributed by atoms with Gasteiger partial charge in [0.25, 0.3) is 0 Å². The third-order valence-electron chi connectivity index (χ3n) is 3.63. The Morgan fingerprint density at radius 2 is 2.11 bits per heavy atom. The lowest BCUT2D eigenvalue weighted by molar-refractivity contribution is 0.325.